The molecule has 0 amide bonds. The zero-order chi connectivity index (χ0) is 15.9. The van der Waals surface area contributed by atoms with Gasteiger partial charge in [0, 0.05) is 5.56 Å². The molecule has 1 N–H and O–H groups in total. The molecule has 2 aromatic carbocycles. The van der Waals surface area contributed by atoms with E-state index in [-0.39, 0.29) is 22.8 Å². The molecule has 0 aliphatic heterocycles. The normalized spacial score (nSPS) is 11.0. The number of rotatable bonds is 3. The molecule has 0 bridgehead atoms. The Kier molecular flexibility index (Phi) is 3.33. The Hall–Kier alpha value is -2.82. The smallest absolute Gasteiger partial charge is 0.307 e. The van der Waals surface area contributed by atoms with Gasteiger partial charge in [0.15, 0.2) is 0 Å². The molecule has 0 spiro atoms. The molecule has 0 aliphatic carbocycles. The van der Waals surface area contributed by atoms with Crippen molar-refractivity contribution in [1.82, 2.24) is 0 Å². The Morgan fingerprint density at radius 1 is 1.32 bits per heavy atom. The van der Waals surface area contributed by atoms with Crippen LogP contribution in [0.25, 0.3) is 21.9 Å². The molecule has 0 saturated carbocycles. The first-order chi connectivity index (χ1) is 10.5. The zero-order valence-electron chi connectivity index (χ0n) is 12.2. The number of hydrogen-bond donors (Lipinski definition) is 1. The average molecular weight is 298 g/mol. The van der Waals surface area contributed by atoms with E-state index in [1.807, 2.05) is 0 Å². The molecular formula is C17H14O5. The number of carbonyl (C=O) groups is 1. The summed E-state index contributed by atoms with van der Waals surface area (Å²) in [6.07, 6.45) is -0.215. The van der Waals surface area contributed by atoms with Crippen molar-refractivity contribution in [2.24, 2.45) is 0 Å². The van der Waals surface area contributed by atoms with Gasteiger partial charge >= 0.3 is 5.97 Å². The van der Waals surface area contributed by atoms with E-state index < -0.39 is 5.97 Å². The number of aliphatic carboxylic acids is 1. The topological polar surface area (TPSA) is 76.7 Å². The Labute approximate surface area is 125 Å². The fraction of sp³-hybridized carbons (Fsp3) is 0.176. The molecule has 22 heavy (non-hydrogen) atoms. The van der Waals surface area contributed by atoms with Gasteiger partial charge in [0.2, 0.25) is 5.43 Å². The van der Waals surface area contributed by atoms with Gasteiger partial charge in [-0.05, 0) is 30.7 Å². The van der Waals surface area contributed by atoms with Crippen LogP contribution in [0.4, 0.5) is 0 Å². The summed E-state index contributed by atoms with van der Waals surface area (Å²) in [5.74, 6) is -0.591. The maximum Gasteiger partial charge on any atom is 0.307 e. The Morgan fingerprint density at radius 2 is 2.05 bits per heavy atom. The lowest BCUT2D eigenvalue weighted by Crippen LogP contribution is -2.09. The van der Waals surface area contributed by atoms with Gasteiger partial charge in [-0.3, -0.25) is 9.59 Å². The van der Waals surface area contributed by atoms with Crippen LogP contribution in [-0.4, -0.2) is 18.2 Å². The lowest BCUT2D eigenvalue weighted by molar-refractivity contribution is -0.136. The molecule has 1 heterocycles. The molecule has 112 valence electrons. The minimum absolute atomic E-state index is 0.215. The van der Waals surface area contributed by atoms with Gasteiger partial charge < -0.3 is 14.3 Å². The summed E-state index contributed by atoms with van der Waals surface area (Å²) in [4.78, 5) is 23.8. The number of carboxylic acid groups (broad SMARTS) is 1. The number of benzene rings is 2. The van der Waals surface area contributed by atoms with Crippen molar-refractivity contribution in [1.29, 1.82) is 0 Å². The third kappa shape index (κ3) is 2.11. The molecule has 0 aliphatic rings. The highest BCUT2D eigenvalue weighted by Crippen LogP contribution is 2.31. The summed E-state index contributed by atoms with van der Waals surface area (Å²) in [5.41, 5.74) is 1.69. The Bertz CT molecular complexity index is 953. The number of hydrogen-bond acceptors (Lipinski definition) is 4. The van der Waals surface area contributed by atoms with Gasteiger partial charge in [-0.2, -0.15) is 0 Å². The van der Waals surface area contributed by atoms with E-state index in [2.05, 4.69) is 0 Å². The second-order valence-corrected chi connectivity index (χ2v) is 5.08. The van der Waals surface area contributed by atoms with Gasteiger partial charge in [-0.1, -0.05) is 12.1 Å². The molecule has 0 atom stereocenters. The Morgan fingerprint density at radius 3 is 2.73 bits per heavy atom. The van der Waals surface area contributed by atoms with E-state index in [0.717, 1.165) is 0 Å². The Balaban J connectivity index is 2.54. The number of aryl methyl sites for hydroxylation is 1. The number of ether oxygens (including phenoxy) is 1. The molecule has 0 unspecified atom stereocenters. The van der Waals surface area contributed by atoms with Crippen molar-refractivity contribution in [3.05, 3.63) is 51.7 Å². The molecule has 3 rings (SSSR count). The number of carboxylic acids is 1. The maximum absolute atomic E-state index is 12.7. The number of para-hydroxylation sites is 1. The number of methoxy groups -OCH3 is 1. The van der Waals surface area contributed by atoms with Crippen LogP contribution in [0.1, 0.15) is 11.1 Å². The van der Waals surface area contributed by atoms with Crippen molar-refractivity contribution >= 4 is 27.9 Å². The summed E-state index contributed by atoms with van der Waals surface area (Å²) < 4.78 is 11.1. The third-order valence-corrected chi connectivity index (χ3v) is 3.69. The summed E-state index contributed by atoms with van der Waals surface area (Å²) in [7, 11) is 1.47. The minimum Gasteiger partial charge on any atom is -0.496 e. The minimum atomic E-state index is -0.981. The van der Waals surface area contributed by atoms with Crippen LogP contribution in [0.15, 0.2) is 39.5 Å². The lowest BCUT2D eigenvalue weighted by Gasteiger charge is -2.12. The standard InChI is InChI=1S/C17H14O5/c1-9-7-13(21-2)15-16(20)10-5-3-4-6-12(10)22-17(15)11(9)8-14(18)19/h3-7H,8H2,1-2H3,(H,18,19). The van der Waals surface area contributed by atoms with Crippen molar-refractivity contribution in [3.8, 4) is 5.75 Å². The molecular weight excluding hydrogens is 284 g/mol. The first-order valence-corrected chi connectivity index (χ1v) is 6.76. The predicted octanol–water partition coefficient (Wildman–Crippen LogP) is 2.89. The zero-order valence-corrected chi connectivity index (χ0v) is 12.2. The fourth-order valence-corrected chi connectivity index (χ4v) is 2.65. The van der Waals surface area contributed by atoms with E-state index in [9.17, 15) is 9.59 Å². The van der Waals surface area contributed by atoms with E-state index in [1.165, 1.54) is 7.11 Å². The van der Waals surface area contributed by atoms with Crippen LogP contribution in [0.3, 0.4) is 0 Å². The van der Waals surface area contributed by atoms with E-state index in [4.69, 9.17) is 14.3 Å². The summed E-state index contributed by atoms with van der Waals surface area (Å²) in [5, 5.41) is 9.83. The number of fused-ring (bicyclic) bond motifs is 2. The molecule has 0 saturated heterocycles. The van der Waals surface area contributed by atoms with Gasteiger partial charge in [0.05, 0.1) is 18.9 Å². The SMILES string of the molecule is COc1cc(C)c(CC(=O)O)c2oc3ccccc3c(=O)c12. The van der Waals surface area contributed by atoms with Crippen molar-refractivity contribution < 1.29 is 19.1 Å². The third-order valence-electron chi connectivity index (χ3n) is 3.69. The van der Waals surface area contributed by atoms with Crippen LogP contribution in [0.5, 0.6) is 5.75 Å². The van der Waals surface area contributed by atoms with Gasteiger partial charge in [-0.25, -0.2) is 0 Å². The molecule has 5 heteroatoms. The van der Waals surface area contributed by atoms with Crippen molar-refractivity contribution in [3.63, 3.8) is 0 Å². The average Bonchev–Trinajstić information content (AvgIpc) is 2.49. The van der Waals surface area contributed by atoms with Crippen molar-refractivity contribution in [2.45, 2.75) is 13.3 Å². The van der Waals surface area contributed by atoms with Crippen molar-refractivity contribution in [2.75, 3.05) is 7.11 Å². The highest BCUT2D eigenvalue weighted by molar-refractivity contribution is 5.96. The van der Waals surface area contributed by atoms with Crippen LogP contribution < -0.4 is 10.2 Å². The highest BCUT2D eigenvalue weighted by atomic mass is 16.5. The summed E-state index contributed by atoms with van der Waals surface area (Å²) in [6.45, 7) is 1.77. The van der Waals surface area contributed by atoms with E-state index in [0.29, 0.717) is 27.8 Å². The van der Waals surface area contributed by atoms with Crippen LogP contribution in [0.2, 0.25) is 0 Å². The molecule has 0 fully saturated rings. The second-order valence-electron chi connectivity index (χ2n) is 5.08. The van der Waals surface area contributed by atoms with Crippen LogP contribution in [0, 0.1) is 6.92 Å². The molecule has 1 aromatic heterocycles. The summed E-state index contributed by atoms with van der Waals surface area (Å²) >= 11 is 0. The van der Waals surface area contributed by atoms with Gasteiger partial charge in [0.25, 0.3) is 0 Å². The van der Waals surface area contributed by atoms with Gasteiger partial charge in [-0.15, -0.1) is 0 Å². The predicted molar refractivity (Wildman–Crippen MR) is 82.6 cm³/mol. The van der Waals surface area contributed by atoms with Gasteiger partial charge in [0.1, 0.15) is 22.3 Å². The van der Waals surface area contributed by atoms with E-state index >= 15 is 0 Å². The molecule has 0 radical (unpaired) electrons. The van der Waals surface area contributed by atoms with E-state index in [1.54, 1.807) is 37.3 Å². The molecule has 5 nitrogen and oxygen atoms in total. The maximum atomic E-state index is 12.7. The van der Waals surface area contributed by atoms with Crippen LogP contribution in [-0.2, 0) is 11.2 Å². The first kappa shape index (κ1) is 14.1. The van der Waals surface area contributed by atoms with Crippen LogP contribution >= 0.6 is 0 Å². The summed E-state index contributed by atoms with van der Waals surface area (Å²) in [6, 6.07) is 8.56. The fourth-order valence-electron chi connectivity index (χ4n) is 2.65. The quantitative estimate of drug-likeness (QED) is 0.752. The lowest BCUT2D eigenvalue weighted by atomic mass is 10.00. The molecule has 3 aromatic rings. The largest absolute Gasteiger partial charge is 0.496 e. The first-order valence-electron chi connectivity index (χ1n) is 6.76. The second kappa shape index (κ2) is 5.18. The monoisotopic (exact) mass is 298 g/mol. The highest BCUT2D eigenvalue weighted by Gasteiger charge is 2.19.